The molecule has 0 amide bonds. The lowest BCUT2D eigenvalue weighted by atomic mass is 10.3. The minimum Gasteiger partial charge on any atom is -0.368 e. The molecule has 0 saturated carbocycles. The molecule has 102 valence electrons. The van der Waals surface area contributed by atoms with Gasteiger partial charge in [-0.25, -0.2) is 9.37 Å². The van der Waals surface area contributed by atoms with Crippen LogP contribution in [0.3, 0.4) is 0 Å². The second-order valence-electron chi connectivity index (χ2n) is 4.23. The van der Waals surface area contributed by atoms with Crippen LogP contribution in [0.25, 0.3) is 10.2 Å². The molecule has 3 aromatic rings. The molecule has 0 saturated heterocycles. The fourth-order valence-electron chi connectivity index (χ4n) is 1.89. The Hall–Kier alpha value is -1.73. The lowest BCUT2D eigenvalue weighted by Gasteiger charge is -2.10. The average Bonchev–Trinajstić information content (AvgIpc) is 2.74. The number of hydrogen-bond donors (Lipinski definition) is 2. The largest absolute Gasteiger partial charge is 0.368 e. The van der Waals surface area contributed by atoms with Crippen LogP contribution in [0, 0.1) is 12.7 Å². The number of anilines is 3. The van der Waals surface area contributed by atoms with E-state index in [1.165, 1.54) is 17.4 Å². The number of para-hydroxylation sites is 1. The van der Waals surface area contributed by atoms with Gasteiger partial charge in [-0.2, -0.15) is 4.98 Å². The van der Waals surface area contributed by atoms with Crippen LogP contribution in [0.1, 0.15) is 4.88 Å². The van der Waals surface area contributed by atoms with Crippen LogP contribution in [0.2, 0.25) is 0 Å². The number of nitrogens with zero attached hydrogens (tertiary/aromatic N) is 2. The van der Waals surface area contributed by atoms with E-state index in [2.05, 4.69) is 31.2 Å². The van der Waals surface area contributed by atoms with Crippen molar-refractivity contribution in [3.05, 3.63) is 39.4 Å². The smallest absolute Gasteiger partial charge is 0.223 e. The Kier molecular flexibility index (Phi) is 3.31. The molecule has 0 aliphatic heterocycles. The minimum atomic E-state index is -0.364. The van der Waals surface area contributed by atoms with Gasteiger partial charge in [-0.05, 0) is 41.1 Å². The number of aryl methyl sites for hydroxylation is 1. The first-order valence-electron chi connectivity index (χ1n) is 5.79. The molecule has 1 aromatic carbocycles. The number of aromatic nitrogens is 2. The zero-order chi connectivity index (χ0) is 14.3. The van der Waals surface area contributed by atoms with Crippen molar-refractivity contribution in [2.75, 3.05) is 11.1 Å². The Morgan fingerprint density at radius 1 is 1.35 bits per heavy atom. The molecule has 0 spiro atoms. The van der Waals surface area contributed by atoms with Gasteiger partial charge in [0.1, 0.15) is 16.5 Å². The molecule has 2 aromatic heterocycles. The first-order valence-corrected chi connectivity index (χ1v) is 7.40. The van der Waals surface area contributed by atoms with Crippen molar-refractivity contribution in [3.63, 3.8) is 0 Å². The maximum absolute atomic E-state index is 13.9. The summed E-state index contributed by atoms with van der Waals surface area (Å²) in [6, 6.07) is 6.72. The van der Waals surface area contributed by atoms with E-state index in [1.807, 2.05) is 13.0 Å². The van der Waals surface area contributed by atoms with Gasteiger partial charge in [-0.3, -0.25) is 0 Å². The summed E-state index contributed by atoms with van der Waals surface area (Å²) in [5, 5.41) is 3.82. The van der Waals surface area contributed by atoms with E-state index in [-0.39, 0.29) is 11.8 Å². The van der Waals surface area contributed by atoms with Crippen molar-refractivity contribution in [1.29, 1.82) is 0 Å². The lowest BCUT2D eigenvalue weighted by molar-refractivity contribution is 0.631. The summed E-state index contributed by atoms with van der Waals surface area (Å²) >= 11 is 4.84. The molecule has 7 heteroatoms. The third-order valence-corrected chi connectivity index (χ3v) is 4.34. The highest BCUT2D eigenvalue weighted by molar-refractivity contribution is 9.10. The first-order chi connectivity index (χ1) is 9.54. The second-order valence-corrected chi connectivity index (χ2v) is 6.32. The fraction of sp³-hybridized carbons (Fsp3) is 0.0769. The van der Waals surface area contributed by atoms with Gasteiger partial charge in [-0.1, -0.05) is 6.07 Å². The van der Waals surface area contributed by atoms with Gasteiger partial charge in [0.2, 0.25) is 5.95 Å². The van der Waals surface area contributed by atoms with Crippen LogP contribution in [0.15, 0.2) is 28.7 Å². The highest BCUT2D eigenvalue weighted by Gasteiger charge is 2.13. The standard InChI is InChI=1S/C13H10BrFN4S/c1-6-5-7-11(18-13(16)19-12(7)20-6)17-10-8(14)3-2-4-9(10)15/h2-5H,1H3,(H3,16,17,18,19). The van der Waals surface area contributed by atoms with E-state index in [1.54, 1.807) is 12.1 Å². The van der Waals surface area contributed by atoms with Gasteiger partial charge in [0.15, 0.2) is 0 Å². The number of nitrogen functional groups attached to an aromatic ring is 1. The molecule has 2 heterocycles. The third kappa shape index (κ3) is 2.34. The summed E-state index contributed by atoms with van der Waals surface area (Å²) < 4.78 is 14.5. The quantitative estimate of drug-likeness (QED) is 0.724. The fourth-order valence-corrected chi connectivity index (χ4v) is 3.22. The normalized spacial score (nSPS) is 10.9. The molecule has 0 bridgehead atoms. The number of halogens is 2. The van der Waals surface area contributed by atoms with Crippen molar-refractivity contribution in [3.8, 4) is 0 Å². The Balaban J connectivity index is 2.15. The molecule has 4 nitrogen and oxygen atoms in total. The molecule has 0 fully saturated rings. The number of hydrogen-bond acceptors (Lipinski definition) is 5. The number of nitrogens with one attached hydrogen (secondary N) is 1. The van der Waals surface area contributed by atoms with E-state index in [4.69, 9.17) is 5.73 Å². The van der Waals surface area contributed by atoms with Crippen molar-refractivity contribution >= 4 is 54.9 Å². The third-order valence-electron chi connectivity index (χ3n) is 2.74. The number of nitrogens with two attached hydrogens (primary N) is 1. The number of benzene rings is 1. The van der Waals surface area contributed by atoms with Gasteiger partial charge >= 0.3 is 0 Å². The predicted octanol–water partition coefficient (Wildman–Crippen LogP) is 4.23. The molecule has 0 radical (unpaired) electrons. The van der Waals surface area contributed by atoms with Gasteiger partial charge < -0.3 is 11.1 Å². The molecular formula is C13H10BrFN4S. The second kappa shape index (κ2) is 4.99. The van der Waals surface area contributed by atoms with Crippen LogP contribution in [0.4, 0.5) is 21.8 Å². The lowest BCUT2D eigenvalue weighted by Crippen LogP contribution is -2.02. The number of thiophene rings is 1. The summed E-state index contributed by atoms with van der Waals surface area (Å²) in [6.45, 7) is 1.98. The number of rotatable bonds is 2. The van der Waals surface area contributed by atoms with Gasteiger partial charge in [0.05, 0.1) is 11.1 Å². The summed E-state index contributed by atoms with van der Waals surface area (Å²) in [6.07, 6.45) is 0. The first kappa shape index (κ1) is 13.3. The van der Waals surface area contributed by atoms with Gasteiger partial charge in [0.25, 0.3) is 0 Å². The van der Waals surface area contributed by atoms with Crippen LogP contribution in [0.5, 0.6) is 0 Å². The summed E-state index contributed by atoms with van der Waals surface area (Å²) in [5.74, 6) is 0.300. The zero-order valence-electron chi connectivity index (χ0n) is 10.4. The molecule has 20 heavy (non-hydrogen) atoms. The maximum atomic E-state index is 13.9. The molecule has 0 aliphatic carbocycles. The molecule has 0 aliphatic rings. The summed E-state index contributed by atoms with van der Waals surface area (Å²) in [5.41, 5.74) is 6.03. The topological polar surface area (TPSA) is 63.8 Å². The van der Waals surface area contributed by atoms with E-state index in [0.29, 0.717) is 16.0 Å². The molecule has 3 N–H and O–H groups in total. The monoisotopic (exact) mass is 352 g/mol. The summed E-state index contributed by atoms with van der Waals surface area (Å²) in [7, 11) is 0. The highest BCUT2D eigenvalue weighted by Crippen LogP contribution is 2.33. The molecule has 0 unspecified atom stereocenters. The van der Waals surface area contributed by atoms with E-state index < -0.39 is 0 Å². The van der Waals surface area contributed by atoms with E-state index >= 15 is 0 Å². The predicted molar refractivity (Wildman–Crippen MR) is 83.9 cm³/mol. The van der Waals surface area contributed by atoms with Crippen molar-refractivity contribution in [2.24, 2.45) is 0 Å². The molecule has 3 rings (SSSR count). The van der Waals surface area contributed by atoms with E-state index in [0.717, 1.165) is 15.1 Å². The van der Waals surface area contributed by atoms with Gasteiger partial charge in [-0.15, -0.1) is 11.3 Å². The van der Waals surface area contributed by atoms with E-state index in [9.17, 15) is 4.39 Å². The van der Waals surface area contributed by atoms with Gasteiger partial charge in [0, 0.05) is 9.35 Å². The average molecular weight is 353 g/mol. The van der Waals surface area contributed by atoms with Crippen molar-refractivity contribution in [2.45, 2.75) is 6.92 Å². The van der Waals surface area contributed by atoms with Crippen LogP contribution in [-0.4, -0.2) is 9.97 Å². The number of fused-ring (bicyclic) bond motifs is 1. The summed E-state index contributed by atoms with van der Waals surface area (Å²) in [4.78, 5) is 10.2. The molecular weight excluding hydrogens is 343 g/mol. The Morgan fingerprint density at radius 3 is 2.90 bits per heavy atom. The maximum Gasteiger partial charge on any atom is 0.223 e. The van der Waals surface area contributed by atoms with Crippen LogP contribution < -0.4 is 11.1 Å². The Labute approximate surface area is 127 Å². The Bertz CT molecular complexity index is 782. The SMILES string of the molecule is Cc1cc2c(Nc3c(F)cccc3Br)nc(N)nc2s1. The Morgan fingerprint density at radius 2 is 2.15 bits per heavy atom. The molecule has 0 atom stereocenters. The van der Waals surface area contributed by atoms with Crippen molar-refractivity contribution in [1.82, 2.24) is 9.97 Å². The minimum absolute atomic E-state index is 0.161. The van der Waals surface area contributed by atoms with Crippen molar-refractivity contribution < 1.29 is 4.39 Å². The van der Waals surface area contributed by atoms with Crippen LogP contribution in [-0.2, 0) is 0 Å². The highest BCUT2D eigenvalue weighted by atomic mass is 79.9. The zero-order valence-corrected chi connectivity index (χ0v) is 12.8. The van der Waals surface area contributed by atoms with Crippen LogP contribution >= 0.6 is 27.3 Å².